The van der Waals surface area contributed by atoms with Crippen molar-refractivity contribution in [2.75, 3.05) is 26.4 Å². The van der Waals surface area contributed by atoms with Crippen LogP contribution in [0.5, 0.6) is 0 Å². The average molecular weight is 943 g/mol. The monoisotopic (exact) mass is 943 g/mol. The van der Waals surface area contributed by atoms with E-state index in [1.165, 1.54) is 77.0 Å². The summed E-state index contributed by atoms with van der Waals surface area (Å²) < 4.78 is 33.5. The lowest BCUT2D eigenvalue weighted by Gasteiger charge is -2.42. The lowest BCUT2D eigenvalue weighted by molar-refractivity contribution is -0.332. The fourth-order valence-corrected chi connectivity index (χ4v) is 7.89. The molecule has 15 heteroatoms. The molecule has 66 heavy (non-hydrogen) atoms. The highest BCUT2D eigenvalue weighted by Gasteiger charge is 2.47. The second-order valence-electron chi connectivity index (χ2n) is 18.1. The van der Waals surface area contributed by atoms with Gasteiger partial charge in [0.1, 0.15) is 55.4 Å². The van der Waals surface area contributed by atoms with E-state index in [0.29, 0.717) is 12.8 Å². The number of carbonyl (C=O) groups excluding carboxylic acids is 2. The van der Waals surface area contributed by atoms with Gasteiger partial charge in [-0.15, -0.1) is 5.73 Å². The molecule has 15 nitrogen and oxygen atoms in total. The highest BCUT2D eigenvalue weighted by atomic mass is 16.7. The average Bonchev–Trinajstić information content (AvgIpc) is 3.31. The lowest BCUT2D eigenvalue weighted by atomic mass is 9.98. The van der Waals surface area contributed by atoms with Gasteiger partial charge in [0.15, 0.2) is 18.7 Å². The molecule has 2 aliphatic heterocycles. The number of allylic oxidation sites excluding steroid dienone is 3. The largest absolute Gasteiger partial charge is 0.462 e. The molecule has 2 saturated heterocycles. The van der Waals surface area contributed by atoms with Crippen LogP contribution in [0.3, 0.4) is 0 Å². The SMILES string of the molecule is CCCCCC/C=C/CCCCCCCCCC(=O)OC[C@H](CO[C@@H]1O[C@H](CO[C@@H]2O[C@H](CO)[C@H](O)C(O)C2O)[C@H](O)C(O)C1O)OC(=O)CCCCCCCC=C=CCCCCCCC. The first-order chi connectivity index (χ1) is 32.0. The van der Waals surface area contributed by atoms with Crippen LogP contribution in [0.15, 0.2) is 30.0 Å². The summed E-state index contributed by atoms with van der Waals surface area (Å²) in [6.07, 6.45) is 19.8. The zero-order valence-electron chi connectivity index (χ0n) is 40.5. The van der Waals surface area contributed by atoms with E-state index in [0.717, 1.165) is 70.6 Å². The zero-order chi connectivity index (χ0) is 48.2. The molecule has 0 saturated carbocycles. The van der Waals surface area contributed by atoms with Crippen molar-refractivity contribution in [3.05, 3.63) is 30.0 Å². The smallest absolute Gasteiger partial charge is 0.306 e. The van der Waals surface area contributed by atoms with Crippen molar-refractivity contribution in [3.8, 4) is 0 Å². The first-order valence-electron chi connectivity index (χ1n) is 25.7. The van der Waals surface area contributed by atoms with Gasteiger partial charge in [-0.3, -0.25) is 9.59 Å². The Balaban J connectivity index is 1.83. The van der Waals surface area contributed by atoms with Crippen LogP contribution in [0, 0.1) is 0 Å². The number of hydrogen-bond donors (Lipinski definition) is 7. The Kier molecular flexibility index (Phi) is 35.0. The predicted molar refractivity (Wildman–Crippen MR) is 251 cm³/mol. The van der Waals surface area contributed by atoms with Gasteiger partial charge in [0.2, 0.25) is 0 Å². The maximum absolute atomic E-state index is 13.0. The van der Waals surface area contributed by atoms with Gasteiger partial charge in [-0.25, -0.2) is 0 Å². The van der Waals surface area contributed by atoms with Crippen LogP contribution in [-0.4, -0.2) is 142 Å². The van der Waals surface area contributed by atoms with E-state index in [9.17, 15) is 45.3 Å². The van der Waals surface area contributed by atoms with E-state index in [1.807, 2.05) is 0 Å². The van der Waals surface area contributed by atoms with Gasteiger partial charge in [0.25, 0.3) is 0 Å². The van der Waals surface area contributed by atoms with E-state index in [1.54, 1.807) is 0 Å². The molecule has 0 aliphatic carbocycles. The number of ether oxygens (including phenoxy) is 6. The molecule has 2 rings (SSSR count). The highest BCUT2D eigenvalue weighted by molar-refractivity contribution is 5.70. The van der Waals surface area contributed by atoms with Gasteiger partial charge >= 0.3 is 11.9 Å². The van der Waals surface area contributed by atoms with Gasteiger partial charge in [0.05, 0.1) is 19.8 Å². The zero-order valence-corrected chi connectivity index (χ0v) is 40.5. The van der Waals surface area contributed by atoms with Crippen LogP contribution in [0.25, 0.3) is 0 Å². The van der Waals surface area contributed by atoms with Crippen LogP contribution in [-0.2, 0) is 38.0 Å². The minimum Gasteiger partial charge on any atom is -0.462 e. The van der Waals surface area contributed by atoms with E-state index < -0.39 is 92.7 Å². The molecule has 0 spiro atoms. The summed E-state index contributed by atoms with van der Waals surface area (Å²) >= 11 is 0. The number of hydrogen-bond acceptors (Lipinski definition) is 15. The topological polar surface area (TPSA) is 231 Å². The van der Waals surface area contributed by atoms with Crippen molar-refractivity contribution in [2.45, 2.75) is 255 Å². The quantitative estimate of drug-likeness (QED) is 0.0144. The Morgan fingerprint density at radius 2 is 0.955 bits per heavy atom. The first kappa shape index (κ1) is 59.9. The molecule has 0 aromatic heterocycles. The third-order valence-electron chi connectivity index (χ3n) is 12.2. The van der Waals surface area contributed by atoms with Gasteiger partial charge in [0, 0.05) is 12.8 Å². The fourth-order valence-electron chi connectivity index (χ4n) is 7.89. The van der Waals surface area contributed by atoms with Crippen molar-refractivity contribution in [1.82, 2.24) is 0 Å². The lowest BCUT2D eigenvalue weighted by Crippen LogP contribution is -2.61. The van der Waals surface area contributed by atoms with Crippen molar-refractivity contribution >= 4 is 11.9 Å². The summed E-state index contributed by atoms with van der Waals surface area (Å²) in [6, 6.07) is 0. The van der Waals surface area contributed by atoms with Crippen molar-refractivity contribution < 1.29 is 73.8 Å². The molecular formula is C51H90O15. The van der Waals surface area contributed by atoms with Crippen LogP contribution < -0.4 is 0 Å². The molecule has 7 N–H and O–H groups in total. The fraction of sp³-hybridized carbons (Fsp3) is 0.863. The minimum absolute atomic E-state index is 0.145. The van der Waals surface area contributed by atoms with Gasteiger partial charge < -0.3 is 64.2 Å². The van der Waals surface area contributed by atoms with Crippen molar-refractivity contribution in [2.24, 2.45) is 0 Å². The minimum atomic E-state index is -1.77. The van der Waals surface area contributed by atoms with Gasteiger partial charge in [-0.1, -0.05) is 122 Å². The summed E-state index contributed by atoms with van der Waals surface area (Å²) in [5, 5.41) is 72.0. The number of unbranched alkanes of at least 4 members (excludes halogenated alkanes) is 21. The number of aliphatic hydroxyl groups excluding tert-OH is 7. The second-order valence-corrected chi connectivity index (χ2v) is 18.1. The number of esters is 2. The predicted octanol–water partition coefficient (Wildman–Crippen LogP) is 6.92. The maximum Gasteiger partial charge on any atom is 0.306 e. The van der Waals surface area contributed by atoms with E-state index in [2.05, 4.69) is 43.9 Å². The third kappa shape index (κ3) is 26.5. The molecule has 0 amide bonds. The van der Waals surface area contributed by atoms with Crippen molar-refractivity contribution in [1.29, 1.82) is 0 Å². The molecule has 11 atom stereocenters. The maximum atomic E-state index is 13.0. The third-order valence-corrected chi connectivity index (χ3v) is 12.2. The number of carbonyl (C=O) groups is 2. The summed E-state index contributed by atoms with van der Waals surface area (Å²) in [6.45, 7) is 2.54. The molecular weight excluding hydrogens is 853 g/mol. The molecule has 384 valence electrons. The molecule has 0 aromatic rings. The standard InChI is InChI=1S/C51H90O15/c1-3-5-7-9-11-13-15-17-19-21-23-25-27-29-31-33-42(53)61-36-39(64-43(54)34-32-30-28-26-24-22-20-18-16-14-12-10-8-6-4-2)37-62-50-49(60)47(58)45(56)41(66-50)38-63-51-48(59)46(57)44(55)40(35-52)65-51/h13,15-16,20,39-41,44-52,55-60H,3-12,14,17,19,21-38H2,1-2H3/b15-13+/t18?,39-,40-,41-,44+,45+,46?,47?,48?,49?,50-,51-/m1/s1. The van der Waals surface area contributed by atoms with Crippen LogP contribution in [0.2, 0.25) is 0 Å². The Morgan fingerprint density at radius 3 is 1.50 bits per heavy atom. The highest BCUT2D eigenvalue weighted by Crippen LogP contribution is 2.26. The molecule has 0 radical (unpaired) electrons. The van der Waals surface area contributed by atoms with Crippen LogP contribution in [0.4, 0.5) is 0 Å². The molecule has 2 fully saturated rings. The van der Waals surface area contributed by atoms with Gasteiger partial charge in [-0.2, -0.15) is 0 Å². The van der Waals surface area contributed by atoms with E-state index in [-0.39, 0.29) is 26.1 Å². The van der Waals surface area contributed by atoms with Crippen LogP contribution >= 0.6 is 0 Å². The summed E-state index contributed by atoms with van der Waals surface area (Å²) in [4.78, 5) is 25.7. The van der Waals surface area contributed by atoms with Gasteiger partial charge in [-0.05, 0) is 76.4 Å². The Hall–Kier alpha value is -2.24. The molecule has 0 bridgehead atoms. The number of rotatable bonds is 39. The molecule has 2 heterocycles. The summed E-state index contributed by atoms with van der Waals surface area (Å²) in [5.41, 5.74) is 3.29. The Bertz CT molecular complexity index is 1310. The molecule has 0 aromatic carbocycles. The Morgan fingerprint density at radius 1 is 0.515 bits per heavy atom. The normalized spacial score (nSPS) is 26.0. The van der Waals surface area contributed by atoms with E-state index >= 15 is 0 Å². The molecule has 2 aliphatic rings. The molecule has 4 unspecified atom stereocenters. The summed E-state index contributed by atoms with van der Waals surface area (Å²) in [7, 11) is 0. The first-order valence-corrected chi connectivity index (χ1v) is 25.7. The van der Waals surface area contributed by atoms with E-state index in [4.69, 9.17) is 28.4 Å². The summed E-state index contributed by atoms with van der Waals surface area (Å²) in [5.74, 6) is -0.949. The Labute approximate surface area is 395 Å². The van der Waals surface area contributed by atoms with Crippen LogP contribution in [0.1, 0.15) is 187 Å². The second kappa shape index (κ2) is 38.6. The number of aliphatic hydroxyl groups is 7. The van der Waals surface area contributed by atoms with Crippen molar-refractivity contribution in [3.63, 3.8) is 0 Å².